The van der Waals surface area contributed by atoms with Crippen LogP contribution in [0.4, 0.5) is 0 Å². The summed E-state index contributed by atoms with van der Waals surface area (Å²) < 4.78 is 15.0. The van der Waals surface area contributed by atoms with Crippen LogP contribution in [0.5, 0.6) is 0 Å². The first-order chi connectivity index (χ1) is 25.3. The molecule has 4 heteroatoms. The molecule has 0 bridgehead atoms. The van der Waals surface area contributed by atoms with Gasteiger partial charge in [-0.1, -0.05) is 109 Å². The average molecular weight is 653 g/mol. The summed E-state index contributed by atoms with van der Waals surface area (Å²) in [6, 6.07) is 59.9. The van der Waals surface area contributed by atoms with Crippen molar-refractivity contribution < 1.29 is 8.83 Å². The van der Waals surface area contributed by atoms with Crippen molar-refractivity contribution in [1.82, 2.24) is 9.55 Å². The first-order valence-corrected chi connectivity index (χ1v) is 17.2. The van der Waals surface area contributed by atoms with E-state index in [4.69, 9.17) is 13.8 Å². The molecule has 3 heterocycles. The van der Waals surface area contributed by atoms with Gasteiger partial charge in [0.05, 0.1) is 16.4 Å². The molecule has 0 saturated carbocycles. The van der Waals surface area contributed by atoms with Crippen molar-refractivity contribution >= 4 is 65.6 Å². The van der Waals surface area contributed by atoms with Crippen molar-refractivity contribution in [1.29, 1.82) is 0 Å². The summed E-state index contributed by atoms with van der Waals surface area (Å²) in [5.41, 5.74) is 12.4. The molecule has 0 atom stereocenters. The van der Waals surface area contributed by atoms with Crippen LogP contribution in [-0.4, -0.2) is 9.55 Å². The molecule has 0 aliphatic heterocycles. The highest BCUT2D eigenvalue weighted by Gasteiger charge is 2.20. The van der Waals surface area contributed by atoms with Crippen LogP contribution < -0.4 is 0 Å². The van der Waals surface area contributed by atoms with Gasteiger partial charge in [0, 0.05) is 32.8 Å². The molecule has 0 fully saturated rings. The maximum Gasteiger partial charge on any atom is 0.227 e. The average Bonchev–Trinajstić information content (AvgIpc) is 3.90. The number of oxazole rings is 1. The van der Waals surface area contributed by atoms with Gasteiger partial charge in [-0.05, 0) is 88.3 Å². The first kappa shape index (κ1) is 28.0. The van der Waals surface area contributed by atoms with Gasteiger partial charge in [-0.25, -0.2) is 4.98 Å². The Bertz CT molecular complexity index is 3110. The molecule has 3 aromatic heterocycles. The third-order valence-electron chi connectivity index (χ3n) is 10.2. The summed E-state index contributed by atoms with van der Waals surface area (Å²) in [6.07, 6.45) is 0. The van der Waals surface area contributed by atoms with Crippen LogP contribution in [0.25, 0.3) is 105 Å². The van der Waals surface area contributed by atoms with Crippen LogP contribution in [0.1, 0.15) is 0 Å². The third kappa shape index (κ3) is 4.23. The lowest BCUT2D eigenvalue weighted by Crippen LogP contribution is -1.95. The predicted octanol–water partition coefficient (Wildman–Crippen LogP) is 13.0. The predicted molar refractivity (Wildman–Crippen MR) is 209 cm³/mol. The summed E-state index contributed by atoms with van der Waals surface area (Å²) in [6.45, 7) is 0. The van der Waals surface area contributed by atoms with Crippen molar-refractivity contribution in [3.8, 4) is 39.4 Å². The minimum atomic E-state index is 0.585. The largest absolute Gasteiger partial charge is 0.456 e. The molecule has 0 radical (unpaired) electrons. The molecule has 11 aromatic rings. The SMILES string of the molecule is c1ccc(-c2ccc3c(c2)c2cc(-c4ccccc4)c4ccccc4c2n3-c2ccc(-c3nc4ccc5oc6ccccc6c5c4o3)cc2)cc1. The number of para-hydroxylation sites is 1. The second-order valence-electron chi connectivity index (χ2n) is 13.1. The lowest BCUT2D eigenvalue weighted by molar-refractivity contribution is 0.622. The molecular formula is C47H28N2O2. The Balaban J connectivity index is 1.13. The van der Waals surface area contributed by atoms with Crippen LogP contribution >= 0.6 is 0 Å². The minimum Gasteiger partial charge on any atom is -0.456 e. The molecule has 0 aliphatic carbocycles. The molecule has 0 aliphatic rings. The van der Waals surface area contributed by atoms with E-state index >= 15 is 0 Å². The number of furan rings is 1. The van der Waals surface area contributed by atoms with E-state index < -0.39 is 0 Å². The molecular weight excluding hydrogens is 625 g/mol. The van der Waals surface area contributed by atoms with Gasteiger partial charge in [-0.15, -0.1) is 0 Å². The Labute approximate surface area is 292 Å². The fourth-order valence-corrected chi connectivity index (χ4v) is 7.88. The highest BCUT2D eigenvalue weighted by molar-refractivity contribution is 6.22. The Hall–Kier alpha value is -6.91. The van der Waals surface area contributed by atoms with Crippen molar-refractivity contribution in [3.05, 3.63) is 170 Å². The first-order valence-electron chi connectivity index (χ1n) is 17.2. The summed E-state index contributed by atoms with van der Waals surface area (Å²) in [7, 11) is 0. The lowest BCUT2D eigenvalue weighted by Gasteiger charge is -2.13. The highest BCUT2D eigenvalue weighted by Crippen LogP contribution is 2.43. The number of aromatic nitrogens is 2. The van der Waals surface area contributed by atoms with Gasteiger partial charge in [-0.2, -0.15) is 0 Å². The van der Waals surface area contributed by atoms with E-state index in [-0.39, 0.29) is 0 Å². The third-order valence-corrected chi connectivity index (χ3v) is 10.2. The van der Waals surface area contributed by atoms with E-state index in [0.717, 1.165) is 49.8 Å². The number of nitrogens with zero attached hydrogens (tertiary/aromatic N) is 2. The van der Waals surface area contributed by atoms with E-state index in [1.165, 1.54) is 49.3 Å². The number of rotatable bonds is 4. The Morgan fingerprint density at radius 1 is 0.431 bits per heavy atom. The molecule has 8 aromatic carbocycles. The normalized spacial score (nSPS) is 11.9. The minimum absolute atomic E-state index is 0.585. The monoisotopic (exact) mass is 652 g/mol. The van der Waals surface area contributed by atoms with Crippen molar-refractivity contribution in [3.63, 3.8) is 0 Å². The van der Waals surface area contributed by atoms with Gasteiger partial charge in [0.1, 0.15) is 16.7 Å². The van der Waals surface area contributed by atoms with Crippen LogP contribution in [0.2, 0.25) is 0 Å². The molecule has 0 unspecified atom stereocenters. The summed E-state index contributed by atoms with van der Waals surface area (Å²) in [5.74, 6) is 0.585. The van der Waals surface area contributed by atoms with Gasteiger partial charge in [0.15, 0.2) is 5.58 Å². The topological polar surface area (TPSA) is 44.1 Å². The number of fused-ring (bicyclic) bond motifs is 10. The number of hydrogen-bond donors (Lipinski definition) is 0. The second-order valence-corrected chi connectivity index (χ2v) is 13.1. The van der Waals surface area contributed by atoms with Crippen molar-refractivity contribution in [2.75, 3.05) is 0 Å². The fourth-order valence-electron chi connectivity index (χ4n) is 7.88. The van der Waals surface area contributed by atoms with Gasteiger partial charge in [0.2, 0.25) is 5.89 Å². The van der Waals surface area contributed by atoms with E-state index in [2.05, 4.69) is 144 Å². The Kier molecular flexibility index (Phi) is 5.92. The van der Waals surface area contributed by atoms with Crippen LogP contribution in [0, 0.1) is 0 Å². The van der Waals surface area contributed by atoms with Crippen LogP contribution in [0.3, 0.4) is 0 Å². The smallest absolute Gasteiger partial charge is 0.227 e. The van der Waals surface area contributed by atoms with E-state index in [1.807, 2.05) is 30.3 Å². The lowest BCUT2D eigenvalue weighted by atomic mass is 9.94. The van der Waals surface area contributed by atoms with Gasteiger partial charge < -0.3 is 13.4 Å². The second kappa shape index (κ2) is 10.8. The van der Waals surface area contributed by atoms with Gasteiger partial charge >= 0.3 is 0 Å². The van der Waals surface area contributed by atoms with Crippen molar-refractivity contribution in [2.24, 2.45) is 0 Å². The fraction of sp³-hybridized carbons (Fsp3) is 0. The standard InChI is InChI=1S/C47H28N2O2/c1-3-11-29(12-4-1)32-21-25-41-38(27-32)39-28-37(30-13-5-2-6-14-30)34-15-7-8-16-35(34)45(39)49(41)33-22-19-31(20-23-33)47-48-40-24-26-43-44(46(40)51-47)36-17-9-10-18-42(36)50-43/h1-28H. The maximum atomic E-state index is 6.50. The molecule has 0 amide bonds. The Morgan fingerprint density at radius 2 is 1.12 bits per heavy atom. The summed E-state index contributed by atoms with van der Waals surface area (Å²) in [5, 5.41) is 6.87. The van der Waals surface area contributed by atoms with Crippen LogP contribution in [-0.2, 0) is 0 Å². The zero-order chi connectivity index (χ0) is 33.5. The zero-order valence-corrected chi connectivity index (χ0v) is 27.4. The number of hydrogen-bond acceptors (Lipinski definition) is 3. The zero-order valence-electron chi connectivity index (χ0n) is 27.4. The molecule has 11 rings (SSSR count). The molecule has 4 nitrogen and oxygen atoms in total. The molecule has 0 N–H and O–H groups in total. The summed E-state index contributed by atoms with van der Waals surface area (Å²) >= 11 is 0. The quantitative estimate of drug-likeness (QED) is 0.190. The van der Waals surface area contributed by atoms with Crippen LogP contribution in [0.15, 0.2) is 179 Å². The maximum absolute atomic E-state index is 6.50. The summed E-state index contributed by atoms with van der Waals surface area (Å²) in [4.78, 5) is 4.91. The van der Waals surface area contributed by atoms with Gasteiger partial charge in [-0.3, -0.25) is 0 Å². The molecule has 0 spiro atoms. The molecule has 0 saturated heterocycles. The van der Waals surface area contributed by atoms with Gasteiger partial charge in [0.25, 0.3) is 0 Å². The van der Waals surface area contributed by atoms with E-state index in [9.17, 15) is 0 Å². The molecule has 51 heavy (non-hydrogen) atoms. The number of benzene rings is 8. The van der Waals surface area contributed by atoms with E-state index in [1.54, 1.807) is 0 Å². The van der Waals surface area contributed by atoms with E-state index in [0.29, 0.717) is 5.89 Å². The van der Waals surface area contributed by atoms with Crippen molar-refractivity contribution in [2.45, 2.75) is 0 Å². The Morgan fingerprint density at radius 3 is 1.92 bits per heavy atom. The molecule has 238 valence electrons. The highest BCUT2D eigenvalue weighted by atomic mass is 16.4.